The van der Waals surface area contributed by atoms with Crippen LogP contribution in [-0.4, -0.2) is 35.9 Å². The molecule has 2 atom stereocenters. The Balaban J connectivity index is 1.51. The first-order chi connectivity index (χ1) is 18.1. The molecule has 1 aromatic heterocycles. The topological polar surface area (TPSA) is 85.7 Å². The van der Waals surface area contributed by atoms with Gasteiger partial charge in [-0.3, -0.25) is 4.79 Å². The first-order valence-electron chi connectivity index (χ1n) is 12.6. The molecule has 196 valence electrons. The molecule has 8 heteroatoms. The van der Waals surface area contributed by atoms with Crippen molar-refractivity contribution in [1.29, 1.82) is 0 Å². The number of fused-ring (bicyclic) bond motifs is 1. The Hall–Kier alpha value is -3.91. The molecular formula is C30H30N2O5S. The Morgan fingerprint density at radius 2 is 1.63 bits per heavy atom. The minimum Gasteiger partial charge on any atom is -0.446 e. The summed E-state index contributed by atoms with van der Waals surface area (Å²) in [5.41, 5.74) is 4.46. The average molecular weight is 531 g/mol. The summed E-state index contributed by atoms with van der Waals surface area (Å²) in [4.78, 5) is 27.4. The fraction of sp³-hybridized carbons (Fsp3) is 0.267. The zero-order valence-corrected chi connectivity index (χ0v) is 22.7. The van der Waals surface area contributed by atoms with Gasteiger partial charge >= 0.3 is 6.09 Å². The molecule has 0 N–H and O–H groups in total. The van der Waals surface area contributed by atoms with Crippen LogP contribution in [0, 0.1) is 20.8 Å². The van der Waals surface area contributed by atoms with Gasteiger partial charge in [0.05, 0.1) is 10.4 Å². The summed E-state index contributed by atoms with van der Waals surface area (Å²) >= 11 is 0. The molecule has 1 fully saturated rings. The summed E-state index contributed by atoms with van der Waals surface area (Å²) in [6, 6.07) is 19.8. The molecule has 3 aromatic carbocycles. The number of carbonyl (C=O) groups is 2. The van der Waals surface area contributed by atoms with Crippen LogP contribution >= 0.6 is 0 Å². The highest BCUT2D eigenvalue weighted by atomic mass is 32.2. The SMILES string of the molecule is Cc1cc(C)c(S(=O)(=O)n2cc([C@H](C)CC(=O)N3C(=O)OC[C@H]3c3ccccc3)c3ccccc32)c(C)c1. The Kier molecular flexibility index (Phi) is 6.61. The molecule has 0 spiro atoms. The second kappa shape index (κ2) is 9.76. The Labute approximate surface area is 222 Å². The molecule has 1 aliphatic heterocycles. The summed E-state index contributed by atoms with van der Waals surface area (Å²) < 4.78 is 34.4. The van der Waals surface area contributed by atoms with Crippen molar-refractivity contribution in [3.63, 3.8) is 0 Å². The molecule has 4 aromatic rings. The number of aromatic nitrogens is 1. The van der Waals surface area contributed by atoms with Crippen molar-refractivity contribution < 1.29 is 22.7 Å². The van der Waals surface area contributed by atoms with Gasteiger partial charge in [-0.15, -0.1) is 0 Å². The van der Waals surface area contributed by atoms with E-state index in [0.717, 1.165) is 22.1 Å². The number of para-hydroxylation sites is 1. The fourth-order valence-electron chi connectivity index (χ4n) is 5.53. The van der Waals surface area contributed by atoms with Gasteiger partial charge in [-0.25, -0.2) is 22.1 Å². The van der Waals surface area contributed by atoms with E-state index >= 15 is 0 Å². The van der Waals surface area contributed by atoms with E-state index in [-0.39, 0.29) is 29.7 Å². The minimum atomic E-state index is -3.91. The summed E-state index contributed by atoms with van der Waals surface area (Å²) in [6.45, 7) is 7.53. The smallest absolute Gasteiger partial charge is 0.417 e. The predicted molar refractivity (Wildman–Crippen MR) is 146 cm³/mol. The maximum absolute atomic E-state index is 13.9. The lowest BCUT2D eigenvalue weighted by Crippen LogP contribution is -2.34. The van der Waals surface area contributed by atoms with Crippen LogP contribution < -0.4 is 0 Å². The summed E-state index contributed by atoms with van der Waals surface area (Å²) in [6.07, 6.45) is 0.981. The monoisotopic (exact) mass is 530 g/mol. The second-order valence-corrected chi connectivity index (χ2v) is 11.8. The van der Waals surface area contributed by atoms with Crippen LogP contribution in [-0.2, 0) is 19.6 Å². The lowest BCUT2D eigenvalue weighted by molar-refractivity contribution is -0.129. The van der Waals surface area contributed by atoms with Gasteiger partial charge in [0.2, 0.25) is 5.91 Å². The lowest BCUT2D eigenvalue weighted by atomic mass is 9.96. The second-order valence-electron chi connectivity index (χ2n) is 10.0. The molecular weight excluding hydrogens is 500 g/mol. The highest BCUT2D eigenvalue weighted by Crippen LogP contribution is 2.35. The van der Waals surface area contributed by atoms with Crippen LogP contribution in [0.4, 0.5) is 4.79 Å². The number of rotatable bonds is 6. The third-order valence-electron chi connectivity index (χ3n) is 7.17. The van der Waals surface area contributed by atoms with Crippen molar-refractivity contribution >= 4 is 32.9 Å². The number of nitrogens with zero attached hydrogens (tertiary/aromatic N) is 2. The van der Waals surface area contributed by atoms with Gasteiger partial charge in [0.15, 0.2) is 0 Å². The fourth-order valence-corrected chi connectivity index (χ4v) is 7.33. The van der Waals surface area contributed by atoms with Gasteiger partial charge in [-0.2, -0.15) is 0 Å². The third-order valence-corrected chi connectivity index (χ3v) is 9.15. The molecule has 1 saturated heterocycles. The van der Waals surface area contributed by atoms with Gasteiger partial charge in [0.1, 0.15) is 12.6 Å². The largest absolute Gasteiger partial charge is 0.446 e. The van der Waals surface area contributed by atoms with E-state index in [1.54, 1.807) is 32.2 Å². The van der Waals surface area contributed by atoms with E-state index in [4.69, 9.17) is 4.74 Å². The zero-order chi connectivity index (χ0) is 27.2. The third kappa shape index (κ3) is 4.39. The quantitative estimate of drug-likeness (QED) is 0.304. The van der Waals surface area contributed by atoms with E-state index in [9.17, 15) is 18.0 Å². The lowest BCUT2D eigenvalue weighted by Gasteiger charge is -2.21. The van der Waals surface area contributed by atoms with Gasteiger partial charge in [0.25, 0.3) is 10.0 Å². The molecule has 0 saturated carbocycles. The molecule has 0 unspecified atom stereocenters. The first kappa shape index (κ1) is 25.7. The average Bonchev–Trinajstić information content (AvgIpc) is 3.45. The van der Waals surface area contributed by atoms with Gasteiger partial charge < -0.3 is 4.74 Å². The Bertz CT molecular complexity index is 1630. The molecule has 38 heavy (non-hydrogen) atoms. The number of hydrogen-bond acceptors (Lipinski definition) is 5. The molecule has 7 nitrogen and oxygen atoms in total. The van der Waals surface area contributed by atoms with E-state index < -0.39 is 22.2 Å². The van der Waals surface area contributed by atoms with Crippen molar-refractivity contribution in [3.8, 4) is 0 Å². The normalized spacial score (nSPS) is 16.6. The van der Waals surface area contributed by atoms with Crippen LogP contribution in [0.2, 0.25) is 0 Å². The van der Waals surface area contributed by atoms with E-state index in [0.29, 0.717) is 16.6 Å². The van der Waals surface area contributed by atoms with Crippen LogP contribution in [0.15, 0.2) is 77.8 Å². The highest BCUT2D eigenvalue weighted by Gasteiger charge is 2.39. The number of amides is 2. The Morgan fingerprint density at radius 3 is 2.32 bits per heavy atom. The van der Waals surface area contributed by atoms with Crippen molar-refractivity contribution in [2.24, 2.45) is 0 Å². The number of ether oxygens (including phenoxy) is 1. The number of carbonyl (C=O) groups excluding carboxylic acids is 2. The van der Waals surface area contributed by atoms with Crippen LogP contribution in [0.1, 0.15) is 53.1 Å². The summed E-state index contributed by atoms with van der Waals surface area (Å²) in [5.74, 6) is -0.715. The molecule has 1 aliphatic rings. The minimum absolute atomic E-state index is 0.0229. The molecule has 0 aliphatic carbocycles. The van der Waals surface area contributed by atoms with Gasteiger partial charge in [-0.1, -0.05) is 73.2 Å². The molecule has 0 radical (unpaired) electrons. The number of benzene rings is 3. The zero-order valence-electron chi connectivity index (χ0n) is 21.8. The van der Waals surface area contributed by atoms with Crippen molar-refractivity contribution in [1.82, 2.24) is 8.87 Å². The Morgan fingerprint density at radius 1 is 1.00 bits per heavy atom. The molecule has 0 bridgehead atoms. The summed E-state index contributed by atoms with van der Waals surface area (Å²) in [7, 11) is -3.91. The number of aryl methyl sites for hydroxylation is 3. The number of imide groups is 1. The maximum Gasteiger partial charge on any atom is 0.417 e. The first-order valence-corrected chi connectivity index (χ1v) is 14.0. The van der Waals surface area contributed by atoms with Crippen LogP contribution in [0.5, 0.6) is 0 Å². The molecule has 2 heterocycles. The van der Waals surface area contributed by atoms with E-state index in [1.165, 1.54) is 8.87 Å². The standard InChI is InChI=1S/C30H30N2O5S/c1-19-14-21(3)29(22(4)15-19)38(35,36)31-17-25(24-12-8-9-13-26(24)31)20(2)16-28(33)32-27(18-37-30(32)34)23-10-6-5-7-11-23/h5-15,17,20,27H,16,18H2,1-4H3/t20-,27+/m1/s1. The van der Waals surface area contributed by atoms with Crippen molar-refractivity contribution in [2.45, 2.75) is 51.0 Å². The maximum atomic E-state index is 13.9. The van der Waals surface area contributed by atoms with Crippen molar-refractivity contribution in [2.75, 3.05) is 6.61 Å². The molecule has 2 amide bonds. The van der Waals surface area contributed by atoms with Gasteiger partial charge in [0, 0.05) is 18.0 Å². The number of cyclic esters (lactones) is 1. The number of hydrogen-bond donors (Lipinski definition) is 0. The van der Waals surface area contributed by atoms with Crippen LogP contribution in [0.25, 0.3) is 10.9 Å². The van der Waals surface area contributed by atoms with Crippen molar-refractivity contribution in [3.05, 3.63) is 101 Å². The predicted octanol–water partition coefficient (Wildman–Crippen LogP) is 6.02. The van der Waals surface area contributed by atoms with E-state index in [1.807, 2.05) is 68.4 Å². The molecule has 5 rings (SSSR count). The van der Waals surface area contributed by atoms with Gasteiger partial charge in [-0.05, 0) is 55.0 Å². The highest BCUT2D eigenvalue weighted by molar-refractivity contribution is 7.90. The van der Waals surface area contributed by atoms with Crippen LogP contribution in [0.3, 0.4) is 0 Å². The summed E-state index contributed by atoms with van der Waals surface area (Å²) in [5, 5.41) is 0.752. The van der Waals surface area contributed by atoms with E-state index in [2.05, 4.69) is 0 Å².